The van der Waals surface area contributed by atoms with Gasteiger partial charge in [-0.1, -0.05) is 18.1 Å². The van der Waals surface area contributed by atoms with Crippen molar-refractivity contribution in [2.24, 2.45) is 0 Å². The molecule has 0 bridgehead atoms. The van der Waals surface area contributed by atoms with Gasteiger partial charge < -0.3 is 10.1 Å². The Balaban J connectivity index is 2.11. The van der Waals surface area contributed by atoms with Gasteiger partial charge in [-0.2, -0.15) is 0 Å². The molecule has 0 radical (unpaired) electrons. The largest absolute Gasteiger partial charge is 0.385 e. The number of methoxy groups -OCH3 is 1. The molecule has 1 aliphatic rings. The lowest BCUT2D eigenvalue weighted by atomic mass is 10.0. The third-order valence-corrected chi connectivity index (χ3v) is 3.65. The highest BCUT2D eigenvalue weighted by molar-refractivity contribution is 5.17. The van der Waals surface area contributed by atoms with Gasteiger partial charge >= 0.3 is 0 Å². The van der Waals surface area contributed by atoms with Crippen LogP contribution in [0.1, 0.15) is 49.4 Å². The molecule has 5 heteroatoms. The van der Waals surface area contributed by atoms with Gasteiger partial charge in [0.15, 0.2) is 0 Å². The van der Waals surface area contributed by atoms with Gasteiger partial charge in [-0.3, -0.25) is 0 Å². The maximum atomic E-state index is 5.11. The van der Waals surface area contributed by atoms with Gasteiger partial charge in [-0.05, 0) is 26.3 Å². The molecule has 0 aromatic carbocycles. The summed E-state index contributed by atoms with van der Waals surface area (Å²) in [5, 5.41) is 11.8. The Labute approximate surface area is 109 Å². The number of nitrogens with zero attached hydrogens (tertiary/aromatic N) is 3. The summed E-state index contributed by atoms with van der Waals surface area (Å²) in [5.74, 6) is 0.658. The quantitative estimate of drug-likeness (QED) is 0.750. The number of nitrogens with one attached hydrogen (secondary N) is 1. The van der Waals surface area contributed by atoms with E-state index in [2.05, 4.69) is 20.3 Å². The molecule has 1 aliphatic carbocycles. The van der Waals surface area contributed by atoms with E-state index in [0.29, 0.717) is 5.92 Å². The van der Waals surface area contributed by atoms with Crippen molar-refractivity contribution in [3.05, 3.63) is 11.4 Å². The fourth-order valence-electron chi connectivity index (χ4n) is 2.82. The van der Waals surface area contributed by atoms with Gasteiger partial charge in [0.25, 0.3) is 0 Å². The van der Waals surface area contributed by atoms with Crippen LogP contribution in [0.3, 0.4) is 0 Å². The molecule has 0 saturated heterocycles. The molecule has 1 saturated carbocycles. The van der Waals surface area contributed by atoms with Crippen LogP contribution in [0, 0.1) is 0 Å². The highest BCUT2D eigenvalue weighted by Crippen LogP contribution is 2.35. The molecule has 0 spiro atoms. The predicted molar refractivity (Wildman–Crippen MR) is 70.5 cm³/mol. The van der Waals surface area contributed by atoms with Crippen LogP contribution in [0.2, 0.25) is 0 Å². The van der Waals surface area contributed by atoms with Gasteiger partial charge in [-0.15, -0.1) is 5.10 Å². The molecule has 1 heterocycles. The Morgan fingerprint density at radius 3 is 2.83 bits per heavy atom. The lowest BCUT2D eigenvalue weighted by molar-refractivity contribution is 0.188. The first kappa shape index (κ1) is 13.5. The van der Waals surface area contributed by atoms with Crippen LogP contribution in [-0.2, 0) is 17.8 Å². The maximum absolute atomic E-state index is 5.11. The minimum atomic E-state index is 0.658. The van der Waals surface area contributed by atoms with Crippen LogP contribution in [0.25, 0.3) is 0 Å². The van der Waals surface area contributed by atoms with Crippen LogP contribution in [0.15, 0.2) is 0 Å². The summed E-state index contributed by atoms with van der Waals surface area (Å²) in [5.41, 5.74) is 2.49. The fraction of sp³-hybridized carbons (Fsp3) is 0.846. The van der Waals surface area contributed by atoms with E-state index >= 15 is 0 Å². The minimum Gasteiger partial charge on any atom is -0.385 e. The van der Waals surface area contributed by atoms with Crippen molar-refractivity contribution in [2.45, 2.75) is 51.1 Å². The third kappa shape index (κ3) is 3.09. The zero-order valence-corrected chi connectivity index (χ0v) is 11.5. The average Bonchev–Trinajstić information content (AvgIpc) is 2.99. The number of hydrogen-bond acceptors (Lipinski definition) is 4. The fourth-order valence-corrected chi connectivity index (χ4v) is 2.82. The van der Waals surface area contributed by atoms with Crippen molar-refractivity contribution in [1.82, 2.24) is 20.3 Å². The highest BCUT2D eigenvalue weighted by atomic mass is 16.5. The number of aryl methyl sites for hydroxylation is 1. The molecule has 1 aromatic heterocycles. The zero-order valence-electron chi connectivity index (χ0n) is 11.5. The lowest BCUT2D eigenvalue weighted by Gasteiger charge is -2.13. The smallest absolute Gasteiger partial charge is 0.0999 e. The van der Waals surface area contributed by atoms with Gasteiger partial charge in [0.2, 0.25) is 0 Å². The Bertz CT molecular complexity index is 358. The molecule has 0 amide bonds. The summed E-state index contributed by atoms with van der Waals surface area (Å²) >= 11 is 0. The number of aromatic nitrogens is 3. The summed E-state index contributed by atoms with van der Waals surface area (Å²) in [7, 11) is 3.70. The monoisotopic (exact) mass is 252 g/mol. The van der Waals surface area contributed by atoms with Gasteiger partial charge in [-0.25, -0.2) is 4.68 Å². The molecule has 1 N–H and O–H groups in total. The molecular weight excluding hydrogens is 228 g/mol. The zero-order chi connectivity index (χ0) is 12.8. The molecule has 18 heavy (non-hydrogen) atoms. The van der Waals surface area contributed by atoms with E-state index in [9.17, 15) is 0 Å². The molecule has 2 rings (SSSR count). The Morgan fingerprint density at radius 1 is 1.39 bits per heavy atom. The van der Waals surface area contributed by atoms with Gasteiger partial charge in [0, 0.05) is 32.7 Å². The molecule has 1 aromatic rings. The summed E-state index contributed by atoms with van der Waals surface area (Å²) in [6, 6.07) is 0. The molecule has 102 valence electrons. The van der Waals surface area contributed by atoms with Crippen molar-refractivity contribution in [1.29, 1.82) is 0 Å². The molecule has 5 nitrogen and oxygen atoms in total. The lowest BCUT2D eigenvalue weighted by Crippen LogP contribution is -2.13. The maximum Gasteiger partial charge on any atom is 0.0999 e. The van der Waals surface area contributed by atoms with E-state index in [-0.39, 0.29) is 0 Å². The summed E-state index contributed by atoms with van der Waals surface area (Å²) in [6.45, 7) is 2.51. The topological polar surface area (TPSA) is 52.0 Å². The molecule has 0 unspecified atom stereocenters. The first-order valence-corrected chi connectivity index (χ1v) is 6.92. The molecule has 1 fully saturated rings. The number of ether oxygens (including phenoxy) is 1. The third-order valence-electron chi connectivity index (χ3n) is 3.65. The van der Waals surface area contributed by atoms with E-state index in [1.165, 1.54) is 31.4 Å². The minimum absolute atomic E-state index is 0.658. The van der Waals surface area contributed by atoms with Crippen molar-refractivity contribution >= 4 is 0 Å². The summed E-state index contributed by atoms with van der Waals surface area (Å²) in [4.78, 5) is 0. The predicted octanol–water partition coefficient (Wildman–Crippen LogP) is 1.69. The summed E-state index contributed by atoms with van der Waals surface area (Å²) < 4.78 is 7.21. The van der Waals surface area contributed by atoms with Crippen LogP contribution < -0.4 is 5.32 Å². The number of hydrogen-bond donors (Lipinski definition) is 1. The van der Waals surface area contributed by atoms with Gasteiger partial charge in [0.1, 0.15) is 0 Å². The van der Waals surface area contributed by atoms with Crippen molar-refractivity contribution in [3.63, 3.8) is 0 Å². The van der Waals surface area contributed by atoms with E-state index in [4.69, 9.17) is 4.74 Å². The second-order valence-corrected chi connectivity index (χ2v) is 5.00. The van der Waals surface area contributed by atoms with E-state index in [0.717, 1.165) is 31.8 Å². The normalized spacial score (nSPS) is 16.6. The first-order valence-electron chi connectivity index (χ1n) is 6.92. The second-order valence-electron chi connectivity index (χ2n) is 5.00. The standard InChI is InChI=1S/C13H24N4O/c1-14-10-12-13(11-6-3-4-7-11)17(16-15-12)8-5-9-18-2/h11,14H,3-10H2,1-2H3. The van der Waals surface area contributed by atoms with Crippen LogP contribution >= 0.6 is 0 Å². The Hall–Kier alpha value is -0.940. The van der Waals surface area contributed by atoms with Gasteiger partial charge in [0.05, 0.1) is 11.4 Å². The molecule has 0 atom stereocenters. The highest BCUT2D eigenvalue weighted by Gasteiger charge is 2.25. The van der Waals surface area contributed by atoms with Crippen molar-refractivity contribution in [3.8, 4) is 0 Å². The van der Waals surface area contributed by atoms with Crippen LogP contribution in [0.4, 0.5) is 0 Å². The van der Waals surface area contributed by atoms with Crippen LogP contribution in [-0.4, -0.2) is 35.8 Å². The summed E-state index contributed by atoms with van der Waals surface area (Å²) in [6.07, 6.45) is 6.25. The van der Waals surface area contributed by atoms with Crippen molar-refractivity contribution in [2.75, 3.05) is 20.8 Å². The van der Waals surface area contributed by atoms with E-state index < -0.39 is 0 Å². The van der Waals surface area contributed by atoms with E-state index in [1.807, 2.05) is 7.05 Å². The Morgan fingerprint density at radius 2 is 2.17 bits per heavy atom. The first-order chi connectivity index (χ1) is 8.86. The average molecular weight is 252 g/mol. The van der Waals surface area contributed by atoms with E-state index in [1.54, 1.807) is 7.11 Å². The number of rotatable bonds is 7. The van der Waals surface area contributed by atoms with Crippen LogP contribution in [0.5, 0.6) is 0 Å². The molecule has 0 aliphatic heterocycles. The van der Waals surface area contributed by atoms with Crippen molar-refractivity contribution < 1.29 is 4.74 Å². The molecular formula is C13H24N4O. The Kier molecular flexibility index (Phi) is 5.13. The SMILES string of the molecule is CNCc1nnn(CCCOC)c1C1CCCC1. The second kappa shape index (κ2) is 6.85.